The van der Waals surface area contributed by atoms with Crippen molar-refractivity contribution in [2.45, 2.75) is 31.0 Å². The van der Waals surface area contributed by atoms with Crippen LogP contribution in [0.25, 0.3) is 0 Å². The largest absolute Gasteiger partial charge is 0.491 e. The van der Waals surface area contributed by atoms with Crippen LogP contribution < -0.4 is 9.46 Å². The van der Waals surface area contributed by atoms with Gasteiger partial charge in [0, 0.05) is 19.6 Å². The fourth-order valence-electron chi connectivity index (χ4n) is 2.25. The van der Waals surface area contributed by atoms with Gasteiger partial charge in [0.15, 0.2) is 0 Å². The Morgan fingerprint density at radius 3 is 2.64 bits per heavy atom. The van der Waals surface area contributed by atoms with Gasteiger partial charge in [0.1, 0.15) is 5.75 Å². The zero-order chi connectivity index (χ0) is 16.2. The van der Waals surface area contributed by atoms with Gasteiger partial charge in [-0.2, -0.15) is 0 Å². The predicted molar refractivity (Wildman–Crippen MR) is 84.6 cm³/mol. The van der Waals surface area contributed by atoms with Crippen molar-refractivity contribution < 1.29 is 17.9 Å². The van der Waals surface area contributed by atoms with E-state index in [1.165, 1.54) is 0 Å². The normalized spacial score (nSPS) is 20.3. The highest BCUT2D eigenvalue weighted by Crippen LogP contribution is 2.17. The molecule has 0 bridgehead atoms. The molecule has 0 aliphatic carbocycles. The third kappa shape index (κ3) is 4.95. The number of hydrogen-bond acceptors (Lipinski definition) is 5. The Bertz CT molecular complexity index is 572. The maximum absolute atomic E-state index is 12.3. The van der Waals surface area contributed by atoms with Crippen LogP contribution in [0.15, 0.2) is 29.2 Å². The Morgan fingerprint density at radius 2 is 2.05 bits per heavy atom. The Hall–Kier alpha value is -1.15. The molecule has 1 unspecified atom stereocenters. The molecule has 1 fully saturated rings. The standard InChI is InChI=1S/C15H24N2O4S/c1-12(2)21-13-4-6-15(7-5-13)22(18,19)16-10-14-11-17(3)8-9-20-14/h4-7,12,14,16H,8-11H2,1-3H3. The summed E-state index contributed by atoms with van der Waals surface area (Å²) in [5, 5.41) is 0. The molecule has 0 saturated carbocycles. The van der Waals surface area contributed by atoms with Crippen molar-refractivity contribution in [3.63, 3.8) is 0 Å². The summed E-state index contributed by atoms with van der Waals surface area (Å²) < 4.78 is 38.2. The second-order valence-corrected chi connectivity index (χ2v) is 7.51. The summed E-state index contributed by atoms with van der Waals surface area (Å²) in [5.74, 6) is 0.659. The molecule has 0 spiro atoms. The number of nitrogens with zero attached hydrogens (tertiary/aromatic N) is 1. The van der Waals surface area contributed by atoms with Gasteiger partial charge in [-0.3, -0.25) is 0 Å². The van der Waals surface area contributed by atoms with Gasteiger partial charge >= 0.3 is 0 Å². The average Bonchev–Trinajstić information content (AvgIpc) is 2.45. The van der Waals surface area contributed by atoms with Gasteiger partial charge in [0.05, 0.1) is 23.7 Å². The summed E-state index contributed by atoms with van der Waals surface area (Å²) in [6, 6.07) is 6.43. The number of nitrogens with one attached hydrogen (secondary N) is 1. The number of sulfonamides is 1. The molecule has 1 aromatic carbocycles. The van der Waals surface area contributed by atoms with Crippen molar-refractivity contribution in [1.82, 2.24) is 9.62 Å². The summed E-state index contributed by atoms with van der Waals surface area (Å²) in [6.45, 7) is 6.35. The van der Waals surface area contributed by atoms with Gasteiger partial charge in [-0.1, -0.05) is 0 Å². The van der Waals surface area contributed by atoms with E-state index in [1.54, 1.807) is 24.3 Å². The van der Waals surface area contributed by atoms with Crippen LogP contribution in [0.1, 0.15) is 13.8 Å². The van der Waals surface area contributed by atoms with Crippen LogP contribution >= 0.6 is 0 Å². The van der Waals surface area contributed by atoms with Crippen LogP contribution in [-0.4, -0.2) is 58.8 Å². The molecule has 1 aliphatic heterocycles. The molecule has 1 aliphatic rings. The summed E-state index contributed by atoms with van der Waals surface area (Å²) in [6.07, 6.45) is -0.0573. The van der Waals surface area contributed by atoms with E-state index in [-0.39, 0.29) is 23.6 Å². The van der Waals surface area contributed by atoms with Crippen LogP contribution in [0, 0.1) is 0 Å². The molecule has 1 saturated heterocycles. The second kappa shape index (κ2) is 7.41. The van der Waals surface area contributed by atoms with Crippen molar-refractivity contribution in [3.05, 3.63) is 24.3 Å². The Morgan fingerprint density at radius 1 is 1.36 bits per heavy atom. The zero-order valence-corrected chi connectivity index (χ0v) is 14.1. The van der Waals surface area contributed by atoms with E-state index >= 15 is 0 Å². The number of morpholine rings is 1. The highest BCUT2D eigenvalue weighted by Gasteiger charge is 2.21. The van der Waals surface area contributed by atoms with Gasteiger partial charge < -0.3 is 14.4 Å². The number of likely N-dealkylation sites (N-methyl/N-ethyl adjacent to an activating group) is 1. The van der Waals surface area contributed by atoms with E-state index in [0.29, 0.717) is 12.4 Å². The third-order valence-electron chi connectivity index (χ3n) is 3.35. The van der Waals surface area contributed by atoms with Crippen LogP contribution in [0.2, 0.25) is 0 Å². The van der Waals surface area contributed by atoms with E-state index in [9.17, 15) is 8.42 Å². The van der Waals surface area contributed by atoms with Crippen molar-refractivity contribution in [2.24, 2.45) is 0 Å². The number of ether oxygens (including phenoxy) is 2. The molecule has 0 radical (unpaired) electrons. The quantitative estimate of drug-likeness (QED) is 0.846. The molecular formula is C15H24N2O4S. The highest BCUT2D eigenvalue weighted by molar-refractivity contribution is 7.89. The Balaban J connectivity index is 1.94. The fraction of sp³-hybridized carbons (Fsp3) is 0.600. The molecule has 1 atom stereocenters. The Labute approximate surface area is 132 Å². The Kier molecular flexibility index (Phi) is 5.80. The van der Waals surface area contributed by atoms with E-state index in [4.69, 9.17) is 9.47 Å². The van der Waals surface area contributed by atoms with Crippen molar-refractivity contribution in [2.75, 3.05) is 33.3 Å². The smallest absolute Gasteiger partial charge is 0.240 e. The first kappa shape index (κ1) is 17.2. The fourth-order valence-corrected chi connectivity index (χ4v) is 3.31. The van der Waals surface area contributed by atoms with E-state index in [0.717, 1.165) is 13.1 Å². The zero-order valence-electron chi connectivity index (χ0n) is 13.3. The SMILES string of the molecule is CC(C)Oc1ccc(S(=O)(=O)NCC2CN(C)CCO2)cc1. The minimum Gasteiger partial charge on any atom is -0.491 e. The summed E-state index contributed by atoms with van der Waals surface area (Å²) in [4.78, 5) is 2.35. The van der Waals surface area contributed by atoms with Gasteiger partial charge in [-0.25, -0.2) is 13.1 Å². The molecule has 1 aromatic rings. The van der Waals surface area contributed by atoms with Crippen molar-refractivity contribution >= 4 is 10.0 Å². The van der Waals surface area contributed by atoms with Gasteiger partial charge in [0.2, 0.25) is 10.0 Å². The summed E-state index contributed by atoms with van der Waals surface area (Å²) >= 11 is 0. The first-order chi connectivity index (χ1) is 10.4. The lowest BCUT2D eigenvalue weighted by Crippen LogP contribution is -2.45. The monoisotopic (exact) mass is 328 g/mol. The first-order valence-electron chi connectivity index (χ1n) is 7.43. The van der Waals surface area contributed by atoms with Crippen LogP contribution in [-0.2, 0) is 14.8 Å². The van der Waals surface area contributed by atoms with E-state index in [1.807, 2.05) is 20.9 Å². The summed E-state index contributed by atoms with van der Waals surface area (Å²) in [7, 11) is -1.53. The molecule has 0 amide bonds. The number of hydrogen-bond donors (Lipinski definition) is 1. The molecule has 2 rings (SSSR count). The molecular weight excluding hydrogens is 304 g/mol. The maximum Gasteiger partial charge on any atom is 0.240 e. The number of rotatable bonds is 6. The van der Waals surface area contributed by atoms with Crippen molar-refractivity contribution in [3.8, 4) is 5.75 Å². The van der Waals surface area contributed by atoms with Crippen molar-refractivity contribution in [1.29, 1.82) is 0 Å². The van der Waals surface area contributed by atoms with Crippen LogP contribution in [0.5, 0.6) is 5.75 Å². The average molecular weight is 328 g/mol. The number of benzene rings is 1. The predicted octanol–water partition coefficient (Wildman–Crippen LogP) is 1.08. The van der Waals surface area contributed by atoms with Crippen LogP contribution in [0.3, 0.4) is 0 Å². The minimum atomic E-state index is -3.53. The lowest BCUT2D eigenvalue weighted by atomic mass is 10.3. The molecule has 6 nitrogen and oxygen atoms in total. The van der Waals surface area contributed by atoms with Gasteiger partial charge in [0.25, 0.3) is 0 Å². The van der Waals surface area contributed by atoms with Gasteiger partial charge in [-0.05, 0) is 45.2 Å². The molecule has 0 aromatic heterocycles. The molecule has 7 heteroatoms. The third-order valence-corrected chi connectivity index (χ3v) is 4.79. The lowest BCUT2D eigenvalue weighted by Gasteiger charge is -2.30. The van der Waals surface area contributed by atoms with Crippen LogP contribution in [0.4, 0.5) is 0 Å². The molecule has 1 N–H and O–H groups in total. The van der Waals surface area contributed by atoms with Gasteiger partial charge in [-0.15, -0.1) is 0 Å². The topological polar surface area (TPSA) is 67.9 Å². The minimum absolute atomic E-state index is 0.0565. The van der Waals surface area contributed by atoms with E-state index in [2.05, 4.69) is 9.62 Å². The highest BCUT2D eigenvalue weighted by atomic mass is 32.2. The molecule has 22 heavy (non-hydrogen) atoms. The molecule has 124 valence electrons. The lowest BCUT2D eigenvalue weighted by molar-refractivity contribution is -0.0156. The molecule has 1 heterocycles. The maximum atomic E-state index is 12.3. The summed E-state index contributed by atoms with van der Waals surface area (Å²) in [5.41, 5.74) is 0. The first-order valence-corrected chi connectivity index (χ1v) is 8.91. The second-order valence-electron chi connectivity index (χ2n) is 5.74. The van der Waals surface area contributed by atoms with E-state index < -0.39 is 10.0 Å².